The quantitative estimate of drug-likeness (QED) is 0.352. The van der Waals surface area contributed by atoms with Gasteiger partial charge in [0.05, 0.1) is 0 Å². The van der Waals surface area contributed by atoms with Crippen molar-refractivity contribution in [2.24, 2.45) is 0 Å². The third-order valence-electron chi connectivity index (χ3n) is 3.19. The number of ether oxygens (including phenoxy) is 2. The summed E-state index contributed by atoms with van der Waals surface area (Å²) in [6, 6.07) is 9.15. The smallest absolute Gasteiger partial charge is 0.402 e. The molecule has 1 N–H and O–H groups in total. The Hall–Kier alpha value is -2.85. The molecule has 0 bridgehead atoms. The van der Waals surface area contributed by atoms with Gasteiger partial charge in [-0.3, -0.25) is 4.55 Å². The number of fused-ring (bicyclic) bond motifs is 1. The Balaban J connectivity index is 2.39. The molecular weight excluding hydrogens is 374 g/mol. The Bertz CT molecular complexity index is 983. The molecule has 0 atom stereocenters. The van der Waals surface area contributed by atoms with Crippen LogP contribution >= 0.6 is 0 Å². The van der Waals surface area contributed by atoms with Gasteiger partial charge in [-0.2, -0.15) is 17.2 Å². The Morgan fingerprint density at radius 2 is 1.77 bits per heavy atom. The second kappa shape index (κ2) is 7.18. The number of halogens is 2. The molecule has 0 aliphatic rings. The van der Waals surface area contributed by atoms with Crippen LogP contribution in [0.5, 0.6) is 5.75 Å². The van der Waals surface area contributed by atoms with Crippen LogP contribution in [-0.4, -0.2) is 36.8 Å². The van der Waals surface area contributed by atoms with Gasteiger partial charge in [0.1, 0.15) is 11.3 Å². The minimum absolute atomic E-state index is 0.284. The highest BCUT2D eigenvalue weighted by Gasteiger charge is 2.45. The van der Waals surface area contributed by atoms with E-state index in [1.807, 2.05) is 0 Å². The summed E-state index contributed by atoms with van der Waals surface area (Å²) in [5, 5.41) is -3.59. The number of carbonyl (C=O) groups is 2. The number of esters is 2. The lowest BCUT2D eigenvalue weighted by Crippen LogP contribution is -2.34. The van der Waals surface area contributed by atoms with E-state index in [-0.39, 0.29) is 11.3 Å². The molecule has 0 aromatic heterocycles. The zero-order valence-corrected chi connectivity index (χ0v) is 13.8. The number of alkyl halides is 2. The summed E-state index contributed by atoms with van der Waals surface area (Å²) in [5.41, 5.74) is -0.384. The molecule has 0 spiro atoms. The maximum Gasteiger partial charge on any atom is 0.402 e. The van der Waals surface area contributed by atoms with E-state index in [9.17, 15) is 26.8 Å². The van der Waals surface area contributed by atoms with Gasteiger partial charge in [-0.1, -0.05) is 30.8 Å². The summed E-state index contributed by atoms with van der Waals surface area (Å²) >= 11 is 0. The summed E-state index contributed by atoms with van der Waals surface area (Å²) < 4.78 is 65.2. The maximum atomic E-state index is 13.2. The molecule has 0 amide bonds. The number of carbonyl (C=O) groups excluding carboxylic acids is 2. The minimum Gasteiger partial charge on any atom is -0.454 e. The monoisotopic (exact) mass is 386 g/mol. The third-order valence-corrected chi connectivity index (χ3v) is 4.07. The van der Waals surface area contributed by atoms with Crippen molar-refractivity contribution in [3.8, 4) is 5.75 Å². The molecule has 26 heavy (non-hydrogen) atoms. The van der Waals surface area contributed by atoms with Crippen LogP contribution in [0.4, 0.5) is 8.78 Å². The lowest BCUT2D eigenvalue weighted by atomic mass is 10.1. The van der Waals surface area contributed by atoms with Gasteiger partial charge < -0.3 is 9.47 Å². The predicted octanol–water partition coefficient (Wildman–Crippen LogP) is 2.57. The molecule has 0 saturated heterocycles. The van der Waals surface area contributed by atoms with E-state index < -0.39 is 33.9 Å². The van der Waals surface area contributed by atoms with Crippen LogP contribution in [0.25, 0.3) is 10.8 Å². The van der Waals surface area contributed by atoms with Gasteiger partial charge in [-0.15, -0.1) is 0 Å². The average Bonchev–Trinajstić information content (AvgIpc) is 2.58. The molecule has 10 heteroatoms. The van der Waals surface area contributed by atoms with Crippen molar-refractivity contribution < 1.29 is 40.8 Å². The summed E-state index contributed by atoms with van der Waals surface area (Å²) in [7, 11) is -5.76. The van der Waals surface area contributed by atoms with Gasteiger partial charge in [0.2, 0.25) is 0 Å². The van der Waals surface area contributed by atoms with Crippen molar-refractivity contribution in [3.63, 3.8) is 0 Å². The fraction of sp³-hybridized carbons (Fsp3) is 0.125. The Morgan fingerprint density at radius 1 is 1.19 bits per heavy atom. The van der Waals surface area contributed by atoms with Crippen LogP contribution in [0.2, 0.25) is 0 Å². The highest BCUT2D eigenvalue weighted by molar-refractivity contribution is 7.86. The number of rotatable bonds is 6. The van der Waals surface area contributed by atoms with Gasteiger partial charge in [0.15, 0.2) is 6.61 Å². The largest absolute Gasteiger partial charge is 0.454 e. The molecule has 0 fully saturated rings. The van der Waals surface area contributed by atoms with Gasteiger partial charge >= 0.3 is 27.3 Å². The summed E-state index contributed by atoms with van der Waals surface area (Å²) in [4.78, 5) is 23.5. The molecule has 2 aromatic rings. The summed E-state index contributed by atoms with van der Waals surface area (Å²) in [6.45, 7) is 1.29. The van der Waals surface area contributed by atoms with Gasteiger partial charge in [-0.25, -0.2) is 9.59 Å². The van der Waals surface area contributed by atoms with Crippen molar-refractivity contribution in [1.29, 1.82) is 0 Å². The van der Waals surface area contributed by atoms with Crippen LogP contribution in [-0.2, 0) is 19.6 Å². The first kappa shape index (κ1) is 19.5. The highest BCUT2D eigenvalue weighted by Crippen LogP contribution is 2.28. The van der Waals surface area contributed by atoms with E-state index in [0.29, 0.717) is 10.8 Å². The van der Waals surface area contributed by atoms with E-state index in [1.165, 1.54) is 12.1 Å². The first-order valence-corrected chi connectivity index (χ1v) is 8.38. The molecule has 0 aliphatic carbocycles. The van der Waals surface area contributed by atoms with Gasteiger partial charge in [-0.05, 0) is 22.9 Å². The van der Waals surface area contributed by atoms with E-state index in [0.717, 1.165) is 6.08 Å². The number of hydrogen-bond acceptors (Lipinski definition) is 6. The van der Waals surface area contributed by atoms with Crippen molar-refractivity contribution in [2.75, 3.05) is 6.61 Å². The van der Waals surface area contributed by atoms with Crippen molar-refractivity contribution in [3.05, 3.63) is 54.6 Å². The summed E-state index contributed by atoms with van der Waals surface area (Å²) in [6.07, 6.45) is 0.830. The number of hydrogen-bond donors (Lipinski definition) is 1. The summed E-state index contributed by atoms with van der Waals surface area (Å²) in [5.74, 6) is -2.56. The first-order chi connectivity index (χ1) is 12.0. The zero-order chi connectivity index (χ0) is 19.5. The average molecular weight is 386 g/mol. The van der Waals surface area contributed by atoms with Crippen LogP contribution in [0, 0.1) is 0 Å². The standard InChI is InChI=1S/C16H12F2O7S/c1-2-14(19)25-13-8-11-6-4-3-5-10(11)7-12(13)15(20)24-9-16(17,18)26(21,22)23/h2-8H,1,9H2,(H,21,22,23). The minimum atomic E-state index is -5.76. The Labute approximate surface area is 146 Å². The van der Waals surface area contributed by atoms with Crippen LogP contribution < -0.4 is 4.74 Å². The van der Waals surface area contributed by atoms with E-state index >= 15 is 0 Å². The van der Waals surface area contributed by atoms with Crippen molar-refractivity contribution in [2.45, 2.75) is 5.25 Å². The van der Waals surface area contributed by atoms with Crippen molar-refractivity contribution in [1.82, 2.24) is 0 Å². The van der Waals surface area contributed by atoms with Gasteiger partial charge in [0.25, 0.3) is 0 Å². The zero-order valence-electron chi connectivity index (χ0n) is 13.0. The van der Waals surface area contributed by atoms with E-state index in [2.05, 4.69) is 11.3 Å². The van der Waals surface area contributed by atoms with E-state index in [1.54, 1.807) is 24.3 Å². The molecule has 0 saturated carbocycles. The Morgan fingerprint density at radius 3 is 2.31 bits per heavy atom. The fourth-order valence-electron chi connectivity index (χ4n) is 1.92. The van der Waals surface area contributed by atoms with Crippen LogP contribution in [0.1, 0.15) is 10.4 Å². The second-order valence-electron chi connectivity index (χ2n) is 5.01. The lowest BCUT2D eigenvalue weighted by molar-refractivity contribution is -0.128. The van der Waals surface area contributed by atoms with Crippen LogP contribution in [0.3, 0.4) is 0 Å². The molecule has 0 heterocycles. The molecule has 138 valence electrons. The predicted molar refractivity (Wildman–Crippen MR) is 86.6 cm³/mol. The lowest BCUT2D eigenvalue weighted by Gasteiger charge is -2.14. The highest BCUT2D eigenvalue weighted by atomic mass is 32.2. The molecular formula is C16H12F2O7S. The van der Waals surface area contributed by atoms with Gasteiger partial charge in [0, 0.05) is 6.08 Å². The second-order valence-corrected chi connectivity index (χ2v) is 6.56. The van der Waals surface area contributed by atoms with E-state index in [4.69, 9.17) is 9.29 Å². The maximum absolute atomic E-state index is 13.2. The fourth-order valence-corrected chi connectivity index (χ4v) is 2.12. The normalized spacial score (nSPS) is 11.8. The SMILES string of the molecule is C=CC(=O)Oc1cc2ccccc2cc1C(=O)OCC(F)(F)S(=O)(=O)O. The molecule has 2 rings (SSSR count). The molecule has 7 nitrogen and oxygen atoms in total. The molecule has 2 aromatic carbocycles. The molecule has 0 unspecified atom stereocenters. The third kappa shape index (κ3) is 4.21. The van der Waals surface area contributed by atoms with Crippen molar-refractivity contribution >= 4 is 32.8 Å². The topological polar surface area (TPSA) is 107 Å². The molecule has 0 radical (unpaired) electrons. The molecule has 0 aliphatic heterocycles. The Kier molecular flexibility index (Phi) is 5.38. The number of benzene rings is 2. The first-order valence-electron chi connectivity index (χ1n) is 6.94. The van der Waals surface area contributed by atoms with Crippen LogP contribution in [0.15, 0.2) is 49.1 Å².